The molecular formula is C14H19N3O2. The third kappa shape index (κ3) is 3.87. The van der Waals surface area contributed by atoms with Gasteiger partial charge in [-0.15, -0.1) is 10.2 Å². The van der Waals surface area contributed by atoms with Crippen LogP contribution in [0, 0.1) is 6.92 Å². The van der Waals surface area contributed by atoms with Crippen molar-refractivity contribution in [2.24, 2.45) is 0 Å². The number of aryl methyl sites for hydroxylation is 1. The Morgan fingerprint density at radius 3 is 2.58 bits per heavy atom. The Hall–Kier alpha value is -1.72. The smallest absolute Gasteiger partial charge is 0.247 e. The molecule has 0 radical (unpaired) electrons. The van der Waals surface area contributed by atoms with Crippen LogP contribution in [0.5, 0.6) is 0 Å². The SMILES string of the molecule is Cc1ccc(-c2nnc(CN(C)CC(C)O)o2)cc1. The van der Waals surface area contributed by atoms with E-state index < -0.39 is 0 Å². The van der Waals surface area contributed by atoms with Gasteiger partial charge in [0.25, 0.3) is 0 Å². The molecule has 0 bridgehead atoms. The molecule has 19 heavy (non-hydrogen) atoms. The first-order valence-electron chi connectivity index (χ1n) is 6.30. The van der Waals surface area contributed by atoms with E-state index >= 15 is 0 Å². The maximum absolute atomic E-state index is 9.30. The number of aliphatic hydroxyl groups excluding tert-OH is 1. The second-order valence-electron chi connectivity index (χ2n) is 4.91. The Kier molecular flexibility index (Phi) is 4.29. The Bertz CT molecular complexity index is 520. The molecule has 0 fully saturated rings. The molecule has 0 aliphatic carbocycles. The van der Waals surface area contributed by atoms with Crippen LogP contribution in [0.4, 0.5) is 0 Å². The van der Waals surface area contributed by atoms with Crippen molar-refractivity contribution in [2.45, 2.75) is 26.5 Å². The van der Waals surface area contributed by atoms with Gasteiger partial charge in [0.1, 0.15) is 0 Å². The van der Waals surface area contributed by atoms with Crippen molar-refractivity contribution in [3.63, 3.8) is 0 Å². The summed E-state index contributed by atoms with van der Waals surface area (Å²) in [6.07, 6.45) is -0.371. The zero-order valence-corrected chi connectivity index (χ0v) is 11.5. The lowest BCUT2D eigenvalue weighted by atomic mass is 10.1. The molecule has 0 aliphatic rings. The zero-order valence-electron chi connectivity index (χ0n) is 11.5. The molecule has 1 heterocycles. The minimum atomic E-state index is -0.371. The Labute approximate surface area is 112 Å². The van der Waals surface area contributed by atoms with E-state index in [0.29, 0.717) is 24.9 Å². The highest BCUT2D eigenvalue weighted by Gasteiger charge is 2.11. The second-order valence-corrected chi connectivity index (χ2v) is 4.91. The molecule has 1 aromatic heterocycles. The van der Waals surface area contributed by atoms with E-state index in [4.69, 9.17) is 4.42 Å². The number of likely N-dealkylation sites (N-methyl/N-ethyl adjacent to an activating group) is 1. The molecule has 2 aromatic rings. The van der Waals surface area contributed by atoms with Crippen molar-refractivity contribution in [1.29, 1.82) is 0 Å². The summed E-state index contributed by atoms with van der Waals surface area (Å²) in [5, 5.41) is 17.4. The number of hydrogen-bond donors (Lipinski definition) is 1. The predicted molar refractivity (Wildman–Crippen MR) is 72.5 cm³/mol. The molecule has 0 spiro atoms. The molecule has 1 N–H and O–H groups in total. The van der Waals surface area contributed by atoms with Gasteiger partial charge in [-0.05, 0) is 33.0 Å². The van der Waals surface area contributed by atoms with E-state index in [-0.39, 0.29) is 6.10 Å². The van der Waals surface area contributed by atoms with Crippen molar-refractivity contribution in [1.82, 2.24) is 15.1 Å². The quantitative estimate of drug-likeness (QED) is 0.890. The molecule has 0 saturated carbocycles. The van der Waals surface area contributed by atoms with Crippen LogP contribution in [0.15, 0.2) is 28.7 Å². The van der Waals surface area contributed by atoms with Gasteiger partial charge in [0.15, 0.2) is 0 Å². The molecule has 5 heteroatoms. The lowest BCUT2D eigenvalue weighted by molar-refractivity contribution is 0.133. The van der Waals surface area contributed by atoms with Crippen LogP contribution in [0.25, 0.3) is 11.5 Å². The fourth-order valence-corrected chi connectivity index (χ4v) is 1.88. The summed E-state index contributed by atoms with van der Waals surface area (Å²) in [7, 11) is 1.91. The Morgan fingerprint density at radius 1 is 1.26 bits per heavy atom. The van der Waals surface area contributed by atoms with Crippen molar-refractivity contribution < 1.29 is 9.52 Å². The number of nitrogens with zero attached hydrogens (tertiary/aromatic N) is 3. The zero-order chi connectivity index (χ0) is 13.8. The fourth-order valence-electron chi connectivity index (χ4n) is 1.88. The molecule has 1 aromatic carbocycles. The van der Waals surface area contributed by atoms with Crippen molar-refractivity contribution in [2.75, 3.05) is 13.6 Å². The van der Waals surface area contributed by atoms with Gasteiger partial charge in [0.2, 0.25) is 11.8 Å². The van der Waals surface area contributed by atoms with Gasteiger partial charge in [0, 0.05) is 12.1 Å². The lowest BCUT2D eigenvalue weighted by Crippen LogP contribution is -2.26. The summed E-state index contributed by atoms with van der Waals surface area (Å²) >= 11 is 0. The summed E-state index contributed by atoms with van der Waals surface area (Å²) in [6.45, 7) is 4.89. The summed E-state index contributed by atoms with van der Waals surface area (Å²) in [5.74, 6) is 1.08. The van der Waals surface area contributed by atoms with Crippen molar-refractivity contribution in [3.8, 4) is 11.5 Å². The van der Waals surface area contributed by atoms with E-state index in [1.54, 1.807) is 6.92 Å². The summed E-state index contributed by atoms with van der Waals surface area (Å²) in [4.78, 5) is 1.94. The van der Waals surface area contributed by atoms with Gasteiger partial charge in [-0.25, -0.2) is 0 Å². The van der Waals surface area contributed by atoms with E-state index in [1.165, 1.54) is 5.56 Å². The van der Waals surface area contributed by atoms with Crippen LogP contribution < -0.4 is 0 Å². The van der Waals surface area contributed by atoms with Gasteiger partial charge in [0.05, 0.1) is 12.6 Å². The number of rotatable bonds is 5. The maximum atomic E-state index is 9.30. The third-order valence-corrected chi connectivity index (χ3v) is 2.75. The maximum Gasteiger partial charge on any atom is 0.247 e. The molecule has 102 valence electrons. The first-order chi connectivity index (χ1) is 9.04. The molecule has 1 unspecified atom stereocenters. The van der Waals surface area contributed by atoms with E-state index in [9.17, 15) is 5.11 Å². The molecule has 0 saturated heterocycles. The first-order valence-corrected chi connectivity index (χ1v) is 6.30. The van der Waals surface area contributed by atoms with Gasteiger partial charge >= 0.3 is 0 Å². The predicted octanol–water partition coefficient (Wildman–Crippen LogP) is 1.86. The number of benzene rings is 1. The molecular weight excluding hydrogens is 242 g/mol. The van der Waals surface area contributed by atoms with Gasteiger partial charge in [-0.2, -0.15) is 0 Å². The highest BCUT2D eigenvalue weighted by Crippen LogP contribution is 2.18. The standard InChI is InChI=1S/C14H19N3O2/c1-10-4-6-12(7-5-10)14-16-15-13(19-14)9-17(3)8-11(2)18/h4-7,11,18H,8-9H2,1-3H3. The van der Waals surface area contributed by atoms with Gasteiger partial charge in [-0.3, -0.25) is 4.90 Å². The van der Waals surface area contributed by atoms with Crippen molar-refractivity contribution in [3.05, 3.63) is 35.7 Å². The molecule has 0 aliphatic heterocycles. The van der Waals surface area contributed by atoms with Crippen LogP contribution in [-0.2, 0) is 6.54 Å². The lowest BCUT2D eigenvalue weighted by Gasteiger charge is -2.15. The minimum Gasteiger partial charge on any atom is -0.419 e. The highest BCUT2D eigenvalue weighted by molar-refractivity contribution is 5.52. The number of hydrogen-bond acceptors (Lipinski definition) is 5. The monoisotopic (exact) mass is 261 g/mol. The van der Waals surface area contributed by atoms with Crippen LogP contribution in [0.1, 0.15) is 18.4 Å². The largest absolute Gasteiger partial charge is 0.419 e. The van der Waals surface area contributed by atoms with E-state index in [2.05, 4.69) is 10.2 Å². The first kappa shape index (κ1) is 13.7. The van der Waals surface area contributed by atoms with Crippen molar-refractivity contribution >= 4 is 0 Å². The normalized spacial score (nSPS) is 12.9. The molecule has 2 rings (SSSR count). The number of aliphatic hydroxyl groups is 1. The average Bonchev–Trinajstić information content (AvgIpc) is 2.77. The number of aromatic nitrogens is 2. The van der Waals surface area contributed by atoms with Crippen LogP contribution in [-0.4, -0.2) is 39.9 Å². The molecule has 1 atom stereocenters. The minimum absolute atomic E-state index is 0.371. The summed E-state index contributed by atoms with van der Waals surface area (Å²) in [6, 6.07) is 7.95. The average molecular weight is 261 g/mol. The Balaban J connectivity index is 2.04. The van der Waals surface area contributed by atoms with Crippen LogP contribution >= 0.6 is 0 Å². The molecule has 0 amide bonds. The highest BCUT2D eigenvalue weighted by atomic mass is 16.4. The summed E-state index contributed by atoms with van der Waals surface area (Å²) < 4.78 is 5.62. The van der Waals surface area contributed by atoms with Gasteiger partial charge in [-0.1, -0.05) is 17.7 Å². The fraction of sp³-hybridized carbons (Fsp3) is 0.429. The van der Waals surface area contributed by atoms with Crippen LogP contribution in [0.3, 0.4) is 0 Å². The topological polar surface area (TPSA) is 62.4 Å². The third-order valence-electron chi connectivity index (χ3n) is 2.75. The Morgan fingerprint density at radius 2 is 1.95 bits per heavy atom. The van der Waals surface area contributed by atoms with E-state index in [0.717, 1.165) is 5.56 Å². The second kappa shape index (κ2) is 5.95. The van der Waals surface area contributed by atoms with Crippen LogP contribution in [0.2, 0.25) is 0 Å². The van der Waals surface area contributed by atoms with E-state index in [1.807, 2.05) is 43.1 Å². The summed E-state index contributed by atoms with van der Waals surface area (Å²) in [5.41, 5.74) is 2.11. The molecule has 5 nitrogen and oxygen atoms in total. The van der Waals surface area contributed by atoms with Gasteiger partial charge < -0.3 is 9.52 Å².